The molecule has 0 aliphatic carbocycles. The lowest BCUT2D eigenvalue weighted by Crippen LogP contribution is -2.26. The molecule has 0 spiro atoms. The maximum Gasteiger partial charge on any atom is 0.251 e. The third kappa shape index (κ3) is 4.67. The second-order valence-electron chi connectivity index (χ2n) is 6.42. The lowest BCUT2D eigenvalue weighted by molar-refractivity contribution is 0.0940. The minimum atomic E-state index is -0.135. The molecule has 0 bridgehead atoms. The zero-order chi connectivity index (χ0) is 20.1. The molecule has 1 atom stereocenters. The monoisotopic (exact) mass is 405 g/mol. The summed E-state index contributed by atoms with van der Waals surface area (Å²) in [5.74, 6) is 0.565. The van der Waals surface area contributed by atoms with Gasteiger partial charge >= 0.3 is 0 Å². The van der Waals surface area contributed by atoms with Crippen molar-refractivity contribution in [2.45, 2.75) is 19.6 Å². The lowest BCUT2D eigenvalue weighted by Gasteiger charge is -2.15. The highest BCUT2D eigenvalue weighted by Gasteiger charge is 2.12. The van der Waals surface area contributed by atoms with Gasteiger partial charge in [0.2, 0.25) is 0 Å². The van der Waals surface area contributed by atoms with E-state index in [1.807, 2.05) is 36.6 Å². The van der Waals surface area contributed by atoms with Crippen LogP contribution in [0.3, 0.4) is 0 Å². The van der Waals surface area contributed by atoms with Gasteiger partial charge in [-0.25, -0.2) is 14.6 Å². The highest BCUT2D eigenvalue weighted by Crippen LogP contribution is 2.18. The number of hydrogen-bond acceptors (Lipinski definition) is 6. The predicted octanol–water partition coefficient (Wildman–Crippen LogP) is 3.79. The molecule has 4 rings (SSSR count). The molecular formula is C21H19N5O2S. The van der Waals surface area contributed by atoms with Crippen molar-refractivity contribution >= 4 is 17.2 Å². The molecule has 0 unspecified atom stereocenters. The van der Waals surface area contributed by atoms with Gasteiger partial charge in [0, 0.05) is 10.9 Å². The average molecular weight is 405 g/mol. The number of nitrogens with one attached hydrogen (secondary N) is 1. The van der Waals surface area contributed by atoms with Gasteiger partial charge < -0.3 is 10.1 Å². The summed E-state index contributed by atoms with van der Waals surface area (Å²) in [7, 11) is 0. The van der Waals surface area contributed by atoms with Crippen molar-refractivity contribution in [3.05, 3.63) is 88.9 Å². The smallest absolute Gasteiger partial charge is 0.251 e. The van der Waals surface area contributed by atoms with Crippen molar-refractivity contribution in [1.82, 2.24) is 25.1 Å². The van der Waals surface area contributed by atoms with Crippen LogP contribution in [0.2, 0.25) is 0 Å². The third-order valence-electron chi connectivity index (χ3n) is 4.41. The lowest BCUT2D eigenvalue weighted by atomic mass is 10.1. The molecule has 2 aromatic heterocycles. The van der Waals surface area contributed by atoms with Crippen molar-refractivity contribution in [2.24, 2.45) is 0 Å². The number of carbonyl (C=O) groups excluding carboxylic acids is 1. The van der Waals surface area contributed by atoms with E-state index in [1.165, 1.54) is 17.7 Å². The van der Waals surface area contributed by atoms with Crippen molar-refractivity contribution < 1.29 is 9.53 Å². The van der Waals surface area contributed by atoms with Gasteiger partial charge in [0.05, 0.1) is 22.9 Å². The van der Waals surface area contributed by atoms with Crippen LogP contribution in [0.1, 0.15) is 34.6 Å². The Bertz CT molecular complexity index is 1050. The summed E-state index contributed by atoms with van der Waals surface area (Å²) in [6, 6.07) is 14.8. The van der Waals surface area contributed by atoms with E-state index >= 15 is 0 Å². The molecule has 2 heterocycles. The van der Waals surface area contributed by atoms with Crippen LogP contribution >= 0.6 is 11.3 Å². The maximum atomic E-state index is 12.6. The molecule has 0 aliphatic heterocycles. The minimum Gasteiger partial charge on any atom is -0.487 e. The van der Waals surface area contributed by atoms with Crippen LogP contribution < -0.4 is 10.1 Å². The van der Waals surface area contributed by atoms with Crippen molar-refractivity contribution in [2.75, 3.05) is 0 Å². The summed E-state index contributed by atoms with van der Waals surface area (Å²) in [6.45, 7) is 2.37. The largest absolute Gasteiger partial charge is 0.487 e. The molecule has 0 saturated carbocycles. The van der Waals surface area contributed by atoms with E-state index in [-0.39, 0.29) is 11.9 Å². The fourth-order valence-electron chi connectivity index (χ4n) is 2.79. The second-order valence-corrected chi connectivity index (χ2v) is 7.14. The summed E-state index contributed by atoms with van der Waals surface area (Å²) in [5, 5.41) is 9.07. The first-order valence-corrected chi connectivity index (χ1v) is 9.99. The van der Waals surface area contributed by atoms with Gasteiger partial charge in [-0.2, -0.15) is 5.10 Å². The molecular weight excluding hydrogens is 386 g/mol. The number of nitrogens with zero attached hydrogens (tertiary/aromatic N) is 4. The van der Waals surface area contributed by atoms with Gasteiger partial charge in [0.1, 0.15) is 25.0 Å². The van der Waals surface area contributed by atoms with E-state index < -0.39 is 0 Å². The molecule has 0 radical (unpaired) electrons. The number of thiazole rings is 1. The number of ether oxygens (including phenoxy) is 1. The number of amides is 1. The Morgan fingerprint density at radius 3 is 2.62 bits per heavy atom. The number of rotatable bonds is 7. The van der Waals surface area contributed by atoms with Crippen LogP contribution in [-0.4, -0.2) is 25.7 Å². The average Bonchev–Trinajstić information content (AvgIpc) is 3.47. The Balaban J connectivity index is 1.34. The SMILES string of the molecule is C[C@H](NC(=O)c1ccc(OCc2cscn2)cc1)c1ccc(-n2cncn2)cc1. The molecule has 1 amide bonds. The Hall–Kier alpha value is -3.52. The highest BCUT2D eigenvalue weighted by molar-refractivity contribution is 7.07. The topological polar surface area (TPSA) is 81.9 Å². The molecule has 4 aromatic rings. The molecule has 0 aliphatic rings. The molecule has 7 nitrogen and oxygen atoms in total. The Labute approximate surface area is 172 Å². The van der Waals surface area contributed by atoms with E-state index in [0.29, 0.717) is 17.9 Å². The normalized spacial score (nSPS) is 11.8. The maximum absolute atomic E-state index is 12.6. The van der Waals surface area contributed by atoms with Gasteiger partial charge in [-0.3, -0.25) is 4.79 Å². The minimum absolute atomic E-state index is 0.132. The molecule has 0 saturated heterocycles. The zero-order valence-electron chi connectivity index (χ0n) is 15.7. The van der Waals surface area contributed by atoms with E-state index in [2.05, 4.69) is 20.4 Å². The van der Waals surface area contributed by atoms with E-state index in [0.717, 1.165) is 16.9 Å². The van der Waals surface area contributed by atoms with Gasteiger partial charge in [-0.1, -0.05) is 12.1 Å². The van der Waals surface area contributed by atoms with E-state index in [4.69, 9.17) is 4.74 Å². The summed E-state index contributed by atoms with van der Waals surface area (Å²) in [4.78, 5) is 20.7. The number of benzene rings is 2. The van der Waals surface area contributed by atoms with Gasteiger partial charge in [0.25, 0.3) is 5.91 Å². The van der Waals surface area contributed by atoms with Crippen molar-refractivity contribution in [1.29, 1.82) is 0 Å². The first kappa shape index (κ1) is 18.8. The predicted molar refractivity (Wildman–Crippen MR) is 110 cm³/mol. The van der Waals surface area contributed by atoms with Crippen LogP contribution in [-0.2, 0) is 6.61 Å². The number of aromatic nitrogens is 4. The molecule has 8 heteroatoms. The molecule has 2 aromatic carbocycles. The van der Waals surface area contributed by atoms with E-state index in [9.17, 15) is 4.79 Å². The first-order chi connectivity index (χ1) is 14.2. The van der Waals surface area contributed by atoms with Crippen molar-refractivity contribution in [3.8, 4) is 11.4 Å². The summed E-state index contributed by atoms with van der Waals surface area (Å²) < 4.78 is 7.36. The fourth-order valence-corrected chi connectivity index (χ4v) is 3.33. The Kier molecular flexibility index (Phi) is 5.62. The van der Waals surface area contributed by atoms with Gasteiger partial charge in [-0.05, 0) is 48.9 Å². The number of hydrogen-bond donors (Lipinski definition) is 1. The van der Waals surface area contributed by atoms with Crippen LogP contribution in [0.15, 0.2) is 72.1 Å². The first-order valence-electron chi connectivity index (χ1n) is 9.05. The standard InChI is InChI=1S/C21H19N5O2S/c1-15(16-2-6-19(7-3-16)26-13-22-12-24-26)25-21(27)17-4-8-20(9-5-17)28-10-18-11-29-14-23-18/h2-9,11-15H,10H2,1H3,(H,25,27)/t15-/m0/s1. The number of carbonyl (C=O) groups is 1. The van der Waals surface area contributed by atoms with Crippen molar-refractivity contribution in [3.63, 3.8) is 0 Å². The second kappa shape index (κ2) is 8.66. The van der Waals surface area contributed by atoms with Crippen LogP contribution in [0, 0.1) is 0 Å². The van der Waals surface area contributed by atoms with Crippen LogP contribution in [0.5, 0.6) is 5.75 Å². The molecule has 29 heavy (non-hydrogen) atoms. The van der Waals surface area contributed by atoms with Gasteiger partial charge in [-0.15, -0.1) is 11.3 Å². The summed E-state index contributed by atoms with van der Waals surface area (Å²) >= 11 is 1.53. The van der Waals surface area contributed by atoms with Gasteiger partial charge in [0.15, 0.2) is 0 Å². The Morgan fingerprint density at radius 2 is 1.97 bits per heavy atom. The molecule has 1 N–H and O–H groups in total. The van der Waals surface area contributed by atoms with Crippen LogP contribution in [0.4, 0.5) is 0 Å². The van der Waals surface area contributed by atoms with Crippen LogP contribution in [0.25, 0.3) is 5.69 Å². The Morgan fingerprint density at radius 1 is 1.17 bits per heavy atom. The molecule has 146 valence electrons. The van der Waals surface area contributed by atoms with E-state index in [1.54, 1.807) is 40.8 Å². The zero-order valence-corrected chi connectivity index (χ0v) is 16.5. The fraction of sp³-hybridized carbons (Fsp3) is 0.143. The highest BCUT2D eigenvalue weighted by atomic mass is 32.1. The summed E-state index contributed by atoms with van der Waals surface area (Å²) in [5.41, 5.74) is 5.16. The molecule has 0 fully saturated rings. The quantitative estimate of drug-likeness (QED) is 0.506. The summed E-state index contributed by atoms with van der Waals surface area (Å²) in [6.07, 6.45) is 3.14. The third-order valence-corrected chi connectivity index (χ3v) is 5.05.